The lowest BCUT2D eigenvalue weighted by atomic mass is 10.2. The molecule has 0 radical (unpaired) electrons. The van der Waals surface area contributed by atoms with Crippen LogP contribution >= 0.6 is 0 Å². The maximum atomic E-state index is 8.74. The van der Waals surface area contributed by atoms with Gasteiger partial charge in [0.15, 0.2) is 5.84 Å². The van der Waals surface area contributed by atoms with Crippen molar-refractivity contribution in [1.29, 1.82) is 0 Å². The molecule has 1 aromatic heterocycles. The zero-order valence-corrected chi connectivity index (χ0v) is 10.6. The van der Waals surface area contributed by atoms with E-state index < -0.39 is 0 Å². The van der Waals surface area contributed by atoms with E-state index in [0.29, 0.717) is 17.9 Å². The number of oxime groups is 1. The highest BCUT2D eigenvalue weighted by Crippen LogP contribution is 2.19. The van der Waals surface area contributed by atoms with Gasteiger partial charge in [-0.15, -0.1) is 0 Å². The molecule has 19 heavy (non-hydrogen) atoms. The molecule has 1 heterocycles. The van der Waals surface area contributed by atoms with Crippen LogP contribution in [0.1, 0.15) is 16.8 Å². The van der Waals surface area contributed by atoms with Crippen LogP contribution in [-0.2, 0) is 6.61 Å². The van der Waals surface area contributed by atoms with Crippen LogP contribution in [0.3, 0.4) is 0 Å². The van der Waals surface area contributed by atoms with Crippen LogP contribution in [-0.4, -0.2) is 16.0 Å². The molecule has 2 aromatic rings. The average molecular weight is 257 g/mol. The lowest BCUT2D eigenvalue weighted by Crippen LogP contribution is -2.15. The van der Waals surface area contributed by atoms with Crippen LogP contribution in [0.4, 0.5) is 0 Å². The van der Waals surface area contributed by atoms with E-state index in [0.717, 1.165) is 11.3 Å². The summed E-state index contributed by atoms with van der Waals surface area (Å²) >= 11 is 0. The Bertz CT molecular complexity index is 597. The molecule has 0 atom stereocenters. The zero-order valence-electron chi connectivity index (χ0n) is 10.6. The third kappa shape index (κ3) is 3.01. The molecule has 2 rings (SSSR count). The molecule has 0 unspecified atom stereocenters. The second-order valence-corrected chi connectivity index (χ2v) is 4.04. The Balaban J connectivity index is 2.19. The van der Waals surface area contributed by atoms with Gasteiger partial charge < -0.3 is 15.7 Å². The minimum absolute atomic E-state index is 0.0216. The van der Waals surface area contributed by atoms with Crippen LogP contribution < -0.4 is 10.5 Å². The molecule has 3 N–H and O–H groups in total. The van der Waals surface area contributed by atoms with Crippen molar-refractivity contribution in [3.8, 4) is 5.75 Å². The number of ether oxygens (including phenoxy) is 1. The fourth-order valence-corrected chi connectivity index (χ4v) is 1.67. The van der Waals surface area contributed by atoms with Crippen molar-refractivity contribution in [1.82, 2.24) is 4.98 Å². The van der Waals surface area contributed by atoms with E-state index in [2.05, 4.69) is 10.1 Å². The van der Waals surface area contributed by atoms with Gasteiger partial charge in [-0.05, 0) is 30.7 Å². The minimum Gasteiger partial charge on any atom is -0.487 e. The molecule has 0 spiro atoms. The standard InChI is InChI=1S/C14H15N3O2/c1-10-5-4-8-16-12(10)9-19-13-7-3-2-6-11(13)14(15)17-18/h2-8,18H,9H2,1H3,(H2,15,17). The summed E-state index contributed by atoms with van der Waals surface area (Å²) in [5.74, 6) is 0.580. The summed E-state index contributed by atoms with van der Waals surface area (Å²) in [5.41, 5.74) is 8.07. The molecule has 5 nitrogen and oxygen atoms in total. The Labute approximate surface area is 111 Å². The van der Waals surface area contributed by atoms with Crippen LogP contribution in [0, 0.1) is 6.92 Å². The SMILES string of the molecule is Cc1cccnc1COc1ccccc1/C(N)=N/O. The van der Waals surface area contributed by atoms with Gasteiger partial charge in [-0.1, -0.05) is 23.4 Å². The molecular formula is C14H15N3O2. The van der Waals surface area contributed by atoms with E-state index in [-0.39, 0.29) is 5.84 Å². The highest BCUT2D eigenvalue weighted by molar-refractivity contribution is 5.99. The normalized spacial score (nSPS) is 11.3. The number of nitrogens with zero attached hydrogens (tertiary/aromatic N) is 2. The molecular weight excluding hydrogens is 242 g/mol. The molecule has 0 saturated carbocycles. The summed E-state index contributed by atoms with van der Waals surface area (Å²) in [6.45, 7) is 2.31. The summed E-state index contributed by atoms with van der Waals surface area (Å²) in [5, 5.41) is 11.7. The van der Waals surface area contributed by atoms with Crippen molar-refractivity contribution >= 4 is 5.84 Å². The van der Waals surface area contributed by atoms with Crippen molar-refractivity contribution in [3.63, 3.8) is 0 Å². The maximum absolute atomic E-state index is 8.74. The van der Waals surface area contributed by atoms with Crippen LogP contribution in [0.25, 0.3) is 0 Å². The molecule has 0 saturated heterocycles. The van der Waals surface area contributed by atoms with Gasteiger partial charge >= 0.3 is 0 Å². The van der Waals surface area contributed by atoms with Crippen molar-refractivity contribution in [2.24, 2.45) is 10.9 Å². The van der Waals surface area contributed by atoms with Gasteiger partial charge in [-0.2, -0.15) is 0 Å². The van der Waals surface area contributed by atoms with E-state index in [1.165, 1.54) is 0 Å². The van der Waals surface area contributed by atoms with Crippen LogP contribution in [0.5, 0.6) is 5.75 Å². The molecule has 0 fully saturated rings. The predicted octanol–water partition coefficient (Wildman–Crippen LogP) is 2.06. The van der Waals surface area contributed by atoms with Gasteiger partial charge in [0.05, 0.1) is 11.3 Å². The summed E-state index contributed by atoms with van der Waals surface area (Å²) < 4.78 is 5.69. The highest BCUT2D eigenvalue weighted by Gasteiger charge is 2.08. The third-order valence-corrected chi connectivity index (χ3v) is 2.75. The Morgan fingerprint density at radius 3 is 2.84 bits per heavy atom. The monoisotopic (exact) mass is 257 g/mol. The number of para-hydroxylation sites is 1. The second-order valence-electron chi connectivity index (χ2n) is 4.04. The average Bonchev–Trinajstić information content (AvgIpc) is 2.46. The number of hydrogen-bond donors (Lipinski definition) is 2. The van der Waals surface area contributed by atoms with Gasteiger partial charge in [0.1, 0.15) is 12.4 Å². The first-order valence-electron chi connectivity index (χ1n) is 5.82. The van der Waals surface area contributed by atoms with Crippen LogP contribution in [0.15, 0.2) is 47.8 Å². The molecule has 0 aliphatic rings. The first kappa shape index (κ1) is 12.9. The Kier molecular flexibility index (Phi) is 3.97. The molecule has 0 aliphatic heterocycles. The summed E-state index contributed by atoms with van der Waals surface area (Å²) in [6.07, 6.45) is 1.72. The number of amidine groups is 1. The van der Waals surface area contributed by atoms with E-state index >= 15 is 0 Å². The highest BCUT2D eigenvalue weighted by atomic mass is 16.5. The number of nitrogens with two attached hydrogens (primary N) is 1. The first-order chi connectivity index (χ1) is 9.22. The molecule has 5 heteroatoms. The number of hydrogen-bond acceptors (Lipinski definition) is 4. The van der Waals surface area contributed by atoms with Crippen molar-refractivity contribution < 1.29 is 9.94 Å². The molecule has 0 aliphatic carbocycles. The number of aryl methyl sites for hydroxylation is 1. The smallest absolute Gasteiger partial charge is 0.173 e. The molecule has 98 valence electrons. The van der Waals surface area contributed by atoms with Crippen molar-refractivity contribution in [3.05, 3.63) is 59.4 Å². The molecule has 0 bridgehead atoms. The van der Waals surface area contributed by atoms with Crippen LogP contribution in [0.2, 0.25) is 0 Å². The van der Waals surface area contributed by atoms with Gasteiger partial charge in [0.25, 0.3) is 0 Å². The molecule has 0 amide bonds. The summed E-state index contributed by atoms with van der Waals surface area (Å²) in [6, 6.07) is 11.0. The van der Waals surface area contributed by atoms with Gasteiger partial charge in [-0.3, -0.25) is 4.98 Å². The van der Waals surface area contributed by atoms with Crippen molar-refractivity contribution in [2.75, 3.05) is 0 Å². The van der Waals surface area contributed by atoms with E-state index in [1.807, 2.05) is 25.1 Å². The van der Waals surface area contributed by atoms with E-state index in [9.17, 15) is 0 Å². The number of rotatable bonds is 4. The number of aromatic nitrogens is 1. The number of pyridine rings is 1. The van der Waals surface area contributed by atoms with Crippen molar-refractivity contribution in [2.45, 2.75) is 13.5 Å². The lowest BCUT2D eigenvalue weighted by Gasteiger charge is -2.11. The largest absolute Gasteiger partial charge is 0.487 e. The van der Waals surface area contributed by atoms with E-state index in [4.69, 9.17) is 15.7 Å². The van der Waals surface area contributed by atoms with E-state index in [1.54, 1.807) is 24.4 Å². The number of benzene rings is 1. The summed E-state index contributed by atoms with van der Waals surface area (Å²) in [7, 11) is 0. The lowest BCUT2D eigenvalue weighted by molar-refractivity contribution is 0.298. The first-order valence-corrected chi connectivity index (χ1v) is 5.82. The van der Waals surface area contributed by atoms with Gasteiger partial charge in [0, 0.05) is 6.20 Å². The molecule has 1 aromatic carbocycles. The Morgan fingerprint density at radius 1 is 1.32 bits per heavy atom. The Hall–Kier alpha value is -2.56. The fourth-order valence-electron chi connectivity index (χ4n) is 1.67. The second kappa shape index (κ2) is 5.86. The fraction of sp³-hybridized carbons (Fsp3) is 0.143. The summed E-state index contributed by atoms with van der Waals surface area (Å²) in [4.78, 5) is 4.25. The Morgan fingerprint density at radius 2 is 2.11 bits per heavy atom. The third-order valence-electron chi connectivity index (χ3n) is 2.75. The minimum atomic E-state index is 0.0216. The maximum Gasteiger partial charge on any atom is 0.173 e. The quantitative estimate of drug-likeness (QED) is 0.380. The van der Waals surface area contributed by atoms with Gasteiger partial charge in [-0.25, -0.2) is 0 Å². The topological polar surface area (TPSA) is 80.7 Å². The zero-order chi connectivity index (χ0) is 13.7. The predicted molar refractivity (Wildman–Crippen MR) is 72.3 cm³/mol. The van der Waals surface area contributed by atoms with Gasteiger partial charge in [0.2, 0.25) is 0 Å².